The molecule has 32 heavy (non-hydrogen) atoms. The maximum atomic E-state index is 12.9. The van der Waals surface area contributed by atoms with Crippen molar-refractivity contribution < 1.29 is 19.4 Å². The molecule has 0 radical (unpaired) electrons. The number of nitrogens with one attached hydrogen (secondary N) is 3. The molecule has 0 saturated carbocycles. The number of para-hydroxylation sites is 1. The fraction of sp³-hybridized carbons (Fsp3) is 0.348. The Kier molecular flexibility index (Phi) is 11.1. The maximum Gasteiger partial charge on any atom is 0.261 e. The van der Waals surface area contributed by atoms with Crippen LogP contribution in [-0.2, 0) is 0 Å². The highest BCUT2D eigenvalue weighted by molar-refractivity contribution is 9.10. The van der Waals surface area contributed by atoms with E-state index >= 15 is 0 Å². The Morgan fingerprint density at radius 2 is 1.84 bits per heavy atom. The van der Waals surface area contributed by atoms with Gasteiger partial charge >= 0.3 is 0 Å². The van der Waals surface area contributed by atoms with Crippen LogP contribution in [0.5, 0.6) is 5.75 Å². The Balaban J connectivity index is 2.05. The smallest absolute Gasteiger partial charge is 0.261 e. The summed E-state index contributed by atoms with van der Waals surface area (Å²) in [5, 5.41) is 17.1. The second-order valence-electron chi connectivity index (χ2n) is 6.98. The Morgan fingerprint density at radius 3 is 2.59 bits per heavy atom. The van der Waals surface area contributed by atoms with Crippen molar-refractivity contribution in [2.24, 2.45) is 0 Å². The Morgan fingerprint density at radius 1 is 1.06 bits per heavy atom. The third-order valence-corrected chi connectivity index (χ3v) is 5.18. The van der Waals surface area contributed by atoms with Crippen molar-refractivity contribution in [3.63, 3.8) is 0 Å². The van der Waals surface area contributed by atoms with Gasteiger partial charge in [0.1, 0.15) is 5.75 Å². The molecule has 0 atom stereocenters. The number of thiocarbonyl (C=S) groups is 1. The summed E-state index contributed by atoms with van der Waals surface area (Å²) in [7, 11) is 0. The van der Waals surface area contributed by atoms with Crippen molar-refractivity contribution in [1.82, 2.24) is 10.6 Å². The van der Waals surface area contributed by atoms with Gasteiger partial charge in [-0.1, -0.05) is 54.2 Å². The largest absolute Gasteiger partial charge is 0.493 e. The van der Waals surface area contributed by atoms with E-state index in [9.17, 15) is 9.59 Å². The molecule has 0 unspecified atom stereocenters. The van der Waals surface area contributed by atoms with Crippen LogP contribution in [0.1, 0.15) is 53.3 Å². The van der Waals surface area contributed by atoms with E-state index in [0.29, 0.717) is 29.2 Å². The van der Waals surface area contributed by atoms with Crippen LogP contribution in [0.2, 0.25) is 0 Å². The van der Waals surface area contributed by atoms with Crippen LogP contribution in [0.4, 0.5) is 5.69 Å². The molecular formula is C23H28BrN3O4S. The summed E-state index contributed by atoms with van der Waals surface area (Å²) in [6, 6.07) is 12.0. The highest BCUT2D eigenvalue weighted by Gasteiger charge is 2.17. The lowest BCUT2D eigenvalue weighted by atomic mass is 10.1. The number of benzene rings is 2. The summed E-state index contributed by atoms with van der Waals surface area (Å²) in [6.07, 6.45) is 4.28. The molecule has 2 amide bonds. The van der Waals surface area contributed by atoms with Crippen molar-refractivity contribution >= 4 is 50.8 Å². The van der Waals surface area contributed by atoms with Gasteiger partial charge in [0.2, 0.25) is 0 Å². The number of halogens is 1. The molecule has 0 aromatic heterocycles. The second-order valence-corrected chi connectivity index (χ2v) is 8.31. The third-order valence-electron chi connectivity index (χ3n) is 4.49. The van der Waals surface area contributed by atoms with E-state index in [4.69, 9.17) is 22.1 Å². The first kappa shape index (κ1) is 25.8. The molecule has 7 nitrogen and oxygen atoms in total. The van der Waals surface area contributed by atoms with Gasteiger partial charge in [0.05, 0.1) is 30.0 Å². The number of rotatable bonds is 11. The molecule has 0 aliphatic carbocycles. The van der Waals surface area contributed by atoms with Crippen molar-refractivity contribution in [2.75, 3.05) is 25.1 Å². The highest BCUT2D eigenvalue weighted by atomic mass is 79.9. The Bertz CT molecular complexity index is 939. The minimum atomic E-state index is -0.422. The number of aliphatic hydroxyl groups excluding tert-OH is 1. The molecule has 0 saturated heterocycles. The summed E-state index contributed by atoms with van der Waals surface area (Å²) >= 11 is 8.68. The number of carbonyl (C=O) groups excluding carboxylic acids is 2. The quantitative estimate of drug-likeness (QED) is 0.260. The molecule has 4 N–H and O–H groups in total. The van der Waals surface area contributed by atoms with E-state index in [1.807, 2.05) is 6.07 Å². The van der Waals surface area contributed by atoms with Crippen molar-refractivity contribution in [3.05, 3.63) is 58.1 Å². The molecule has 0 heterocycles. The Labute approximate surface area is 202 Å². The van der Waals surface area contributed by atoms with Crippen LogP contribution in [0.15, 0.2) is 46.9 Å². The van der Waals surface area contributed by atoms with Crippen LogP contribution in [-0.4, -0.2) is 41.8 Å². The van der Waals surface area contributed by atoms with E-state index in [-0.39, 0.29) is 24.2 Å². The summed E-state index contributed by atoms with van der Waals surface area (Å²) < 4.78 is 6.57. The van der Waals surface area contributed by atoms with Gasteiger partial charge in [0.15, 0.2) is 5.11 Å². The van der Waals surface area contributed by atoms with Crippen LogP contribution < -0.4 is 20.7 Å². The minimum absolute atomic E-state index is 0.0475. The van der Waals surface area contributed by atoms with Crippen LogP contribution >= 0.6 is 28.1 Å². The number of unbranched alkanes of at least 4 members (excludes halogenated alkanes) is 3. The van der Waals surface area contributed by atoms with Crippen molar-refractivity contribution in [1.29, 1.82) is 0 Å². The zero-order chi connectivity index (χ0) is 23.3. The SMILES string of the molecule is CCCCCCOc1ccc(Br)cc1C(=O)NC(=S)Nc1ccccc1C(=O)NCCO. The Hall–Kier alpha value is -2.49. The number of hydrogen-bond donors (Lipinski definition) is 4. The zero-order valence-electron chi connectivity index (χ0n) is 17.9. The average Bonchev–Trinajstić information content (AvgIpc) is 2.78. The van der Waals surface area contributed by atoms with E-state index in [1.165, 1.54) is 0 Å². The predicted octanol–water partition coefficient (Wildman–Crippen LogP) is 4.26. The van der Waals surface area contributed by atoms with E-state index in [2.05, 4.69) is 38.8 Å². The molecule has 0 aliphatic rings. The average molecular weight is 522 g/mol. The van der Waals surface area contributed by atoms with E-state index < -0.39 is 5.91 Å². The molecule has 9 heteroatoms. The first-order chi connectivity index (χ1) is 15.5. The topological polar surface area (TPSA) is 99.7 Å². The minimum Gasteiger partial charge on any atom is -0.493 e. The lowest BCUT2D eigenvalue weighted by Gasteiger charge is -2.15. The number of aliphatic hydroxyl groups is 1. The number of anilines is 1. The predicted molar refractivity (Wildman–Crippen MR) is 133 cm³/mol. The van der Waals surface area contributed by atoms with Crippen LogP contribution in [0.25, 0.3) is 0 Å². The van der Waals surface area contributed by atoms with Gasteiger partial charge in [-0.3, -0.25) is 14.9 Å². The van der Waals surface area contributed by atoms with Crippen LogP contribution in [0.3, 0.4) is 0 Å². The highest BCUT2D eigenvalue weighted by Crippen LogP contribution is 2.24. The fourth-order valence-electron chi connectivity index (χ4n) is 2.90. The molecule has 0 aliphatic heterocycles. The zero-order valence-corrected chi connectivity index (χ0v) is 20.4. The first-order valence-electron chi connectivity index (χ1n) is 10.5. The standard InChI is InChI=1S/C23H28BrN3O4S/c1-2-3-4-7-14-31-20-11-10-16(24)15-18(20)22(30)27-23(32)26-19-9-6-5-8-17(19)21(29)25-12-13-28/h5-6,8-11,15,28H,2-4,7,12-14H2,1H3,(H,25,29)(H2,26,27,30,32). The number of amides is 2. The van der Waals surface area contributed by atoms with Crippen molar-refractivity contribution in [2.45, 2.75) is 32.6 Å². The van der Waals surface area contributed by atoms with Gasteiger partial charge < -0.3 is 20.5 Å². The summed E-state index contributed by atoms with van der Waals surface area (Å²) in [5.74, 6) is -0.301. The monoisotopic (exact) mass is 521 g/mol. The van der Waals surface area contributed by atoms with Gasteiger partial charge in [-0.2, -0.15) is 0 Å². The fourth-order valence-corrected chi connectivity index (χ4v) is 3.46. The van der Waals surface area contributed by atoms with Gasteiger partial charge in [-0.05, 0) is 49.0 Å². The lowest BCUT2D eigenvalue weighted by molar-refractivity contribution is 0.0944. The molecule has 172 valence electrons. The van der Waals surface area contributed by atoms with Gasteiger partial charge in [0, 0.05) is 11.0 Å². The lowest BCUT2D eigenvalue weighted by Crippen LogP contribution is -2.35. The first-order valence-corrected chi connectivity index (χ1v) is 11.7. The molecule has 0 fully saturated rings. The van der Waals surface area contributed by atoms with Gasteiger partial charge in [-0.15, -0.1) is 0 Å². The number of carbonyl (C=O) groups is 2. The molecule has 2 rings (SSSR count). The molecule has 0 bridgehead atoms. The van der Waals surface area contributed by atoms with E-state index in [1.54, 1.807) is 36.4 Å². The second kappa shape index (κ2) is 13.8. The van der Waals surface area contributed by atoms with Gasteiger partial charge in [-0.25, -0.2) is 0 Å². The molecule has 2 aromatic carbocycles. The van der Waals surface area contributed by atoms with Crippen LogP contribution in [0, 0.1) is 0 Å². The molecule has 0 spiro atoms. The molecule has 2 aromatic rings. The summed E-state index contributed by atoms with van der Waals surface area (Å²) in [4.78, 5) is 25.2. The van der Waals surface area contributed by atoms with Gasteiger partial charge in [0.25, 0.3) is 11.8 Å². The van der Waals surface area contributed by atoms with E-state index in [0.717, 1.165) is 30.2 Å². The number of ether oxygens (including phenoxy) is 1. The molecular weight excluding hydrogens is 494 g/mol. The normalized spacial score (nSPS) is 10.3. The number of hydrogen-bond acceptors (Lipinski definition) is 5. The maximum absolute atomic E-state index is 12.9. The van der Waals surface area contributed by atoms with Crippen molar-refractivity contribution in [3.8, 4) is 5.75 Å². The summed E-state index contributed by atoms with van der Waals surface area (Å²) in [5.41, 5.74) is 1.14. The summed E-state index contributed by atoms with van der Waals surface area (Å²) in [6.45, 7) is 2.65. The third kappa shape index (κ3) is 8.22.